The van der Waals surface area contributed by atoms with Crippen molar-refractivity contribution in [2.24, 2.45) is 0 Å². The SMILES string of the molecule is O=C(NNS(=O)(=O)c1ccc(Cl)cc1)c1ccc(COc2ccccc2)o1. The lowest BCUT2D eigenvalue weighted by Gasteiger charge is -2.07. The van der Waals surface area contributed by atoms with Gasteiger partial charge < -0.3 is 9.15 Å². The van der Waals surface area contributed by atoms with Crippen molar-refractivity contribution < 1.29 is 22.4 Å². The molecule has 3 aromatic rings. The van der Waals surface area contributed by atoms with Crippen LogP contribution in [0.5, 0.6) is 5.75 Å². The molecular weight excluding hydrogens is 392 g/mol. The fourth-order valence-electron chi connectivity index (χ4n) is 2.10. The molecule has 1 aromatic heterocycles. The Bertz CT molecular complexity index is 1020. The minimum atomic E-state index is -3.93. The third-order valence-electron chi connectivity index (χ3n) is 3.43. The quantitative estimate of drug-likeness (QED) is 0.587. The number of hydrazine groups is 1. The van der Waals surface area contributed by atoms with Gasteiger partial charge in [0.25, 0.3) is 10.0 Å². The third-order valence-corrected chi connectivity index (χ3v) is 4.95. The van der Waals surface area contributed by atoms with Gasteiger partial charge in [0.15, 0.2) is 5.76 Å². The van der Waals surface area contributed by atoms with Gasteiger partial charge in [0.2, 0.25) is 0 Å². The average molecular weight is 407 g/mol. The number of hydrogen-bond donors (Lipinski definition) is 2. The van der Waals surface area contributed by atoms with Crippen molar-refractivity contribution in [3.05, 3.63) is 83.3 Å². The molecule has 27 heavy (non-hydrogen) atoms. The minimum Gasteiger partial charge on any atom is -0.486 e. The molecule has 140 valence electrons. The molecule has 0 spiro atoms. The van der Waals surface area contributed by atoms with Crippen LogP contribution in [0.25, 0.3) is 0 Å². The molecule has 9 heteroatoms. The van der Waals surface area contributed by atoms with Crippen molar-refractivity contribution in [2.45, 2.75) is 11.5 Å². The summed E-state index contributed by atoms with van der Waals surface area (Å²) in [4.78, 5) is 14.0. The Labute approximate surface area is 160 Å². The number of carbonyl (C=O) groups is 1. The van der Waals surface area contributed by atoms with Gasteiger partial charge in [-0.3, -0.25) is 10.2 Å². The van der Waals surface area contributed by atoms with Crippen LogP contribution in [-0.4, -0.2) is 14.3 Å². The van der Waals surface area contributed by atoms with E-state index < -0.39 is 15.9 Å². The van der Waals surface area contributed by atoms with Crippen LogP contribution in [0.15, 0.2) is 76.0 Å². The number of rotatable bonds is 7. The number of halogens is 1. The van der Waals surface area contributed by atoms with Crippen LogP contribution in [0.4, 0.5) is 0 Å². The molecule has 0 aliphatic rings. The van der Waals surface area contributed by atoms with Gasteiger partial charge in [-0.15, -0.1) is 4.83 Å². The maximum atomic E-state index is 12.1. The Morgan fingerprint density at radius 2 is 1.70 bits per heavy atom. The second kappa shape index (κ2) is 8.26. The Kier molecular flexibility index (Phi) is 5.80. The molecule has 0 bridgehead atoms. The minimum absolute atomic E-state index is 0.0383. The van der Waals surface area contributed by atoms with E-state index in [0.717, 1.165) is 0 Å². The average Bonchev–Trinajstić information content (AvgIpc) is 3.15. The highest BCUT2D eigenvalue weighted by Crippen LogP contribution is 2.15. The van der Waals surface area contributed by atoms with Gasteiger partial charge in [-0.1, -0.05) is 29.8 Å². The van der Waals surface area contributed by atoms with Gasteiger partial charge in [0, 0.05) is 5.02 Å². The molecule has 7 nitrogen and oxygen atoms in total. The number of ether oxygens (including phenoxy) is 1. The summed E-state index contributed by atoms with van der Waals surface area (Å²) in [5.41, 5.74) is 2.09. The highest BCUT2D eigenvalue weighted by atomic mass is 35.5. The van der Waals surface area contributed by atoms with Crippen LogP contribution in [-0.2, 0) is 16.6 Å². The van der Waals surface area contributed by atoms with Gasteiger partial charge in [0.05, 0.1) is 4.90 Å². The zero-order chi connectivity index (χ0) is 19.3. The number of carbonyl (C=O) groups excluding carboxylic acids is 1. The Morgan fingerprint density at radius 1 is 1.00 bits per heavy atom. The normalized spacial score (nSPS) is 11.1. The molecule has 0 saturated heterocycles. The molecule has 1 heterocycles. The smallest absolute Gasteiger partial charge is 0.301 e. The maximum absolute atomic E-state index is 12.1. The van der Waals surface area contributed by atoms with Gasteiger partial charge in [0.1, 0.15) is 18.1 Å². The fraction of sp³-hybridized carbons (Fsp3) is 0.0556. The zero-order valence-electron chi connectivity index (χ0n) is 13.9. The van der Waals surface area contributed by atoms with Crippen molar-refractivity contribution in [3.63, 3.8) is 0 Å². The highest BCUT2D eigenvalue weighted by Gasteiger charge is 2.17. The molecule has 0 saturated carbocycles. The van der Waals surface area contributed by atoms with E-state index in [1.807, 2.05) is 23.0 Å². The number of nitrogens with one attached hydrogen (secondary N) is 2. The first-order valence-corrected chi connectivity index (χ1v) is 9.64. The van der Waals surface area contributed by atoms with Crippen molar-refractivity contribution in [1.82, 2.24) is 10.3 Å². The number of sulfonamides is 1. The molecule has 0 atom stereocenters. The second-order valence-electron chi connectivity index (χ2n) is 5.38. The summed E-state index contributed by atoms with van der Waals surface area (Å²) >= 11 is 5.73. The van der Waals surface area contributed by atoms with E-state index in [9.17, 15) is 13.2 Å². The number of para-hydroxylation sites is 1. The van der Waals surface area contributed by atoms with E-state index in [0.29, 0.717) is 16.5 Å². The summed E-state index contributed by atoms with van der Waals surface area (Å²) in [6.07, 6.45) is 0. The molecule has 0 fully saturated rings. The van der Waals surface area contributed by atoms with E-state index in [1.54, 1.807) is 18.2 Å². The van der Waals surface area contributed by atoms with Crippen LogP contribution in [0, 0.1) is 0 Å². The second-order valence-corrected chi connectivity index (χ2v) is 7.50. The van der Waals surface area contributed by atoms with Crippen LogP contribution < -0.4 is 15.0 Å². The molecule has 0 unspecified atom stereocenters. The van der Waals surface area contributed by atoms with Crippen molar-refractivity contribution >= 4 is 27.5 Å². The first kappa shape index (κ1) is 19.0. The van der Waals surface area contributed by atoms with Gasteiger partial charge >= 0.3 is 5.91 Å². The number of furan rings is 1. The van der Waals surface area contributed by atoms with Crippen LogP contribution in [0.2, 0.25) is 5.02 Å². The molecule has 3 rings (SSSR count). The molecular formula is C18H15ClN2O5S. The summed E-state index contributed by atoms with van der Waals surface area (Å²) in [6, 6.07) is 17.6. The Morgan fingerprint density at radius 3 is 2.41 bits per heavy atom. The topological polar surface area (TPSA) is 97.6 Å². The van der Waals surface area contributed by atoms with E-state index in [-0.39, 0.29) is 17.3 Å². The van der Waals surface area contributed by atoms with Crippen molar-refractivity contribution in [3.8, 4) is 5.75 Å². The molecule has 2 aromatic carbocycles. The fourth-order valence-corrected chi connectivity index (χ4v) is 3.06. The van der Waals surface area contributed by atoms with E-state index in [2.05, 4.69) is 5.43 Å². The van der Waals surface area contributed by atoms with E-state index in [4.69, 9.17) is 20.8 Å². The van der Waals surface area contributed by atoms with E-state index >= 15 is 0 Å². The lowest BCUT2D eigenvalue weighted by molar-refractivity contribution is 0.0913. The summed E-state index contributed by atoms with van der Waals surface area (Å²) < 4.78 is 35.1. The van der Waals surface area contributed by atoms with Crippen molar-refractivity contribution in [2.75, 3.05) is 0 Å². The lowest BCUT2D eigenvalue weighted by Crippen LogP contribution is -2.41. The third kappa shape index (κ3) is 5.10. The molecule has 0 aliphatic heterocycles. The van der Waals surface area contributed by atoms with Crippen LogP contribution in [0.1, 0.15) is 16.3 Å². The number of benzene rings is 2. The maximum Gasteiger partial charge on any atom is 0.301 e. The van der Waals surface area contributed by atoms with Gasteiger partial charge in [-0.25, -0.2) is 8.42 Å². The van der Waals surface area contributed by atoms with Gasteiger partial charge in [-0.2, -0.15) is 0 Å². The summed E-state index contributed by atoms with van der Waals surface area (Å²) in [7, 11) is -3.93. The largest absolute Gasteiger partial charge is 0.486 e. The van der Waals surface area contributed by atoms with E-state index in [1.165, 1.54) is 30.3 Å². The highest BCUT2D eigenvalue weighted by molar-refractivity contribution is 7.89. The summed E-state index contributed by atoms with van der Waals surface area (Å²) in [6.45, 7) is 0.133. The monoisotopic (exact) mass is 406 g/mol. The summed E-state index contributed by atoms with van der Waals surface area (Å²) in [5.74, 6) is 0.291. The predicted octanol–water partition coefficient (Wildman–Crippen LogP) is 3.14. The standard InChI is InChI=1S/C18H15ClN2O5S/c19-13-6-9-16(10-7-13)27(23,24)21-20-18(22)17-11-8-15(26-17)12-25-14-4-2-1-3-5-14/h1-11,21H,12H2,(H,20,22). The summed E-state index contributed by atoms with van der Waals surface area (Å²) in [5, 5.41) is 0.402. The lowest BCUT2D eigenvalue weighted by atomic mass is 10.3. The first-order valence-electron chi connectivity index (χ1n) is 7.78. The van der Waals surface area contributed by atoms with Crippen LogP contribution in [0.3, 0.4) is 0 Å². The Hall–Kier alpha value is -2.81. The molecule has 0 aliphatic carbocycles. The zero-order valence-corrected chi connectivity index (χ0v) is 15.5. The number of amides is 1. The van der Waals surface area contributed by atoms with Gasteiger partial charge in [-0.05, 0) is 48.5 Å². The molecule has 0 radical (unpaired) electrons. The molecule has 1 amide bonds. The van der Waals surface area contributed by atoms with Crippen LogP contribution >= 0.6 is 11.6 Å². The Balaban J connectivity index is 1.57. The van der Waals surface area contributed by atoms with Crippen molar-refractivity contribution in [1.29, 1.82) is 0 Å². The molecule has 2 N–H and O–H groups in total. The number of hydrogen-bond acceptors (Lipinski definition) is 5. The predicted molar refractivity (Wildman–Crippen MR) is 98.7 cm³/mol. The first-order chi connectivity index (χ1) is 12.9.